The Bertz CT molecular complexity index is 688. The van der Waals surface area contributed by atoms with Gasteiger partial charge >= 0.3 is 0 Å². The maximum Gasteiger partial charge on any atom is 0.109 e. The Morgan fingerprint density at radius 2 is 1.62 bits per heavy atom. The van der Waals surface area contributed by atoms with Gasteiger partial charge in [0.15, 0.2) is 0 Å². The van der Waals surface area contributed by atoms with Gasteiger partial charge in [-0.1, -0.05) is 53.5 Å². The molecule has 0 radical (unpaired) electrons. The predicted molar refractivity (Wildman–Crippen MR) is 101 cm³/mol. The molecule has 0 N–H and O–H groups in total. The molecule has 2 nitrogen and oxygen atoms in total. The average Bonchev–Trinajstić information content (AvgIpc) is 2.47. The third-order valence-electron chi connectivity index (χ3n) is 4.49. The van der Waals surface area contributed by atoms with Crippen molar-refractivity contribution in [2.24, 2.45) is 0 Å². The molecule has 128 valence electrons. The van der Waals surface area contributed by atoms with E-state index in [1.165, 1.54) is 0 Å². The van der Waals surface area contributed by atoms with Gasteiger partial charge in [0.25, 0.3) is 0 Å². The maximum atomic E-state index is 6.44. The zero-order valence-electron chi connectivity index (χ0n) is 14.3. The van der Waals surface area contributed by atoms with Crippen LogP contribution < -0.4 is 0 Å². The van der Waals surface area contributed by atoms with E-state index in [-0.39, 0.29) is 17.7 Å². The molecule has 1 fully saturated rings. The minimum absolute atomic E-state index is 0.178. The highest BCUT2D eigenvalue weighted by Gasteiger charge is 2.37. The Kier molecular flexibility index (Phi) is 5.22. The standard InChI is InChI=1S/C20H23Cl2NO/c1-20(2,3)23-12-16(13-23)24-19(14-8-10-15(21)11-9-14)17-6-4-5-7-18(17)22/h4-11,16,19H,12-13H2,1-3H3. The molecule has 0 spiro atoms. The number of likely N-dealkylation sites (tertiary alicyclic amines) is 1. The second-order valence-electron chi connectivity index (χ2n) is 7.29. The molecular weight excluding hydrogens is 341 g/mol. The van der Waals surface area contributed by atoms with Crippen LogP contribution in [0.5, 0.6) is 0 Å². The van der Waals surface area contributed by atoms with E-state index in [0.29, 0.717) is 0 Å². The van der Waals surface area contributed by atoms with E-state index in [1.54, 1.807) is 0 Å². The van der Waals surface area contributed by atoms with E-state index in [2.05, 4.69) is 25.7 Å². The van der Waals surface area contributed by atoms with E-state index in [0.717, 1.165) is 34.3 Å². The van der Waals surface area contributed by atoms with E-state index in [1.807, 2.05) is 48.5 Å². The molecule has 1 atom stereocenters. The van der Waals surface area contributed by atoms with Gasteiger partial charge < -0.3 is 4.74 Å². The molecule has 0 amide bonds. The fraction of sp³-hybridized carbons (Fsp3) is 0.400. The fourth-order valence-electron chi connectivity index (χ4n) is 2.92. The Morgan fingerprint density at radius 1 is 1.00 bits per heavy atom. The van der Waals surface area contributed by atoms with Crippen molar-refractivity contribution in [1.82, 2.24) is 4.90 Å². The maximum absolute atomic E-state index is 6.44. The highest BCUT2D eigenvalue weighted by atomic mass is 35.5. The molecule has 1 saturated heterocycles. The lowest BCUT2D eigenvalue weighted by Crippen LogP contribution is -2.59. The molecule has 2 aromatic rings. The summed E-state index contributed by atoms with van der Waals surface area (Å²) in [6.07, 6.45) is 0.0317. The lowest BCUT2D eigenvalue weighted by Gasteiger charge is -2.48. The van der Waals surface area contributed by atoms with Gasteiger partial charge in [0, 0.05) is 34.2 Å². The fourth-order valence-corrected chi connectivity index (χ4v) is 3.28. The summed E-state index contributed by atoms with van der Waals surface area (Å²) in [6, 6.07) is 15.7. The first-order chi connectivity index (χ1) is 11.3. The Morgan fingerprint density at radius 3 is 2.21 bits per heavy atom. The molecule has 0 aliphatic carbocycles. The lowest BCUT2D eigenvalue weighted by atomic mass is 9.97. The van der Waals surface area contributed by atoms with Gasteiger partial charge in [-0.2, -0.15) is 0 Å². The van der Waals surface area contributed by atoms with E-state index in [9.17, 15) is 0 Å². The van der Waals surface area contributed by atoms with Crippen molar-refractivity contribution in [3.05, 3.63) is 69.7 Å². The Labute approximate surface area is 154 Å². The van der Waals surface area contributed by atoms with Gasteiger partial charge in [-0.25, -0.2) is 0 Å². The summed E-state index contributed by atoms with van der Waals surface area (Å²) in [4.78, 5) is 2.42. The van der Waals surface area contributed by atoms with Crippen molar-refractivity contribution in [2.45, 2.75) is 38.5 Å². The molecule has 0 bridgehead atoms. The van der Waals surface area contributed by atoms with E-state index < -0.39 is 0 Å². The number of ether oxygens (including phenoxy) is 1. The second kappa shape index (κ2) is 7.05. The normalized spacial score (nSPS) is 17.5. The Hall–Kier alpha value is -1.06. The summed E-state index contributed by atoms with van der Waals surface area (Å²) in [5, 5.41) is 1.45. The van der Waals surface area contributed by atoms with Crippen LogP contribution in [0.2, 0.25) is 10.0 Å². The first-order valence-electron chi connectivity index (χ1n) is 8.25. The van der Waals surface area contributed by atoms with Crippen LogP contribution >= 0.6 is 23.2 Å². The highest BCUT2D eigenvalue weighted by Crippen LogP contribution is 2.35. The smallest absolute Gasteiger partial charge is 0.109 e. The summed E-state index contributed by atoms with van der Waals surface area (Å²) < 4.78 is 6.44. The largest absolute Gasteiger partial charge is 0.363 e. The molecule has 2 aromatic carbocycles. The van der Waals surface area contributed by atoms with Crippen LogP contribution in [0.4, 0.5) is 0 Å². The van der Waals surface area contributed by atoms with Crippen LogP contribution in [-0.2, 0) is 4.74 Å². The molecule has 24 heavy (non-hydrogen) atoms. The topological polar surface area (TPSA) is 12.5 Å². The molecule has 1 aliphatic heterocycles. The quantitative estimate of drug-likeness (QED) is 0.702. The van der Waals surface area contributed by atoms with Gasteiger partial charge in [-0.3, -0.25) is 4.90 Å². The van der Waals surface area contributed by atoms with Crippen LogP contribution in [0, 0.1) is 0 Å². The number of hydrogen-bond acceptors (Lipinski definition) is 2. The van der Waals surface area contributed by atoms with Crippen molar-refractivity contribution < 1.29 is 4.74 Å². The van der Waals surface area contributed by atoms with Gasteiger partial charge in [-0.15, -0.1) is 0 Å². The van der Waals surface area contributed by atoms with Crippen LogP contribution in [0.15, 0.2) is 48.5 Å². The first kappa shape index (κ1) is 17.8. The molecule has 0 saturated carbocycles. The SMILES string of the molecule is CC(C)(C)N1CC(OC(c2ccc(Cl)cc2)c2ccccc2Cl)C1. The summed E-state index contributed by atoms with van der Waals surface area (Å²) in [5.41, 5.74) is 2.25. The van der Waals surface area contributed by atoms with Crippen molar-refractivity contribution in [3.63, 3.8) is 0 Å². The molecule has 1 unspecified atom stereocenters. The molecule has 0 aromatic heterocycles. The average molecular weight is 364 g/mol. The number of hydrogen-bond donors (Lipinski definition) is 0. The van der Waals surface area contributed by atoms with Crippen molar-refractivity contribution in [2.75, 3.05) is 13.1 Å². The summed E-state index contributed by atoms with van der Waals surface area (Å²) in [6.45, 7) is 8.58. The lowest BCUT2D eigenvalue weighted by molar-refractivity contribution is -0.109. The van der Waals surface area contributed by atoms with Crippen molar-refractivity contribution in [1.29, 1.82) is 0 Å². The minimum Gasteiger partial charge on any atom is -0.363 e. The monoisotopic (exact) mass is 363 g/mol. The first-order valence-corrected chi connectivity index (χ1v) is 9.00. The van der Waals surface area contributed by atoms with E-state index >= 15 is 0 Å². The highest BCUT2D eigenvalue weighted by molar-refractivity contribution is 6.31. The number of halogens is 2. The third-order valence-corrected chi connectivity index (χ3v) is 5.08. The van der Waals surface area contributed by atoms with Crippen LogP contribution in [0.25, 0.3) is 0 Å². The summed E-state index contributed by atoms with van der Waals surface area (Å²) in [7, 11) is 0. The Balaban J connectivity index is 1.82. The number of benzene rings is 2. The third kappa shape index (κ3) is 3.94. The molecule has 1 aliphatic rings. The minimum atomic E-state index is -0.178. The van der Waals surface area contributed by atoms with Crippen LogP contribution in [0.3, 0.4) is 0 Å². The van der Waals surface area contributed by atoms with Gasteiger partial charge in [0.05, 0.1) is 6.10 Å². The number of rotatable bonds is 4. The van der Waals surface area contributed by atoms with Gasteiger partial charge in [0.2, 0.25) is 0 Å². The molecule has 4 heteroatoms. The molecule has 3 rings (SSSR count). The zero-order chi connectivity index (χ0) is 17.3. The molecular formula is C20H23Cl2NO. The van der Waals surface area contributed by atoms with Crippen LogP contribution in [-0.4, -0.2) is 29.6 Å². The van der Waals surface area contributed by atoms with Crippen molar-refractivity contribution >= 4 is 23.2 Å². The second-order valence-corrected chi connectivity index (χ2v) is 8.13. The van der Waals surface area contributed by atoms with Gasteiger partial charge in [0.1, 0.15) is 6.10 Å². The predicted octanol–water partition coefficient (Wildman–Crippen LogP) is 5.58. The van der Waals surface area contributed by atoms with Crippen LogP contribution in [0.1, 0.15) is 38.0 Å². The van der Waals surface area contributed by atoms with Crippen molar-refractivity contribution in [3.8, 4) is 0 Å². The van der Waals surface area contributed by atoms with Gasteiger partial charge in [-0.05, 0) is 44.5 Å². The molecule has 1 heterocycles. The zero-order valence-corrected chi connectivity index (χ0v) is 15.8. The summed E-state index contributed by atoms with van der Waals surface area (Å²) >= 11 is 12.5. The number of nitrogens with zero attached hydrogens (tertiary/aromatic N) is 1. The summed E-state index contributed by atoms with van der Waals surface area (Å²) in [5.74, 6) is 0. The van der Waals surface area contributed by atoms with E-state index in [4.69, 9.17) is 27.9 Å².